The summed E-state index contributed by atoms with van der Waals surface area (Å²) in [6.45, 7) is 3.61. The van der Waals surface area contributed by atoms with Gasteiger partial charge in [-0.25, -0.2) is 0 Å². The molecule has 26 heavy (non-hydrogen) atoms. The number of ether oxygens (including phenoxy) is 1. The lowest BCUT2D eigenvalue weighted by Crippen LogP contribution is -2.48. The number of likely N-dealkylation sites (tertiary alicyclic amines) is 2. The van der Waals surface area contributed by atoms with Crippen molar-refractivity contribution in [3.63, 3.8) is 0 Å². The van der Waals surface area contributed by atoms with Gasteiger partial charge in [-0.3, -0.25) is 9.59 Å². The highest BCUT2D eigenvalue weighted by molar-refractivity contribution is 5.82. The van der Waals surface area contributed by atoms with E-state index < -0.39 is 0 Å². The van der Waals surface area contributed by atoms with E-state index in [0.29, 0.717) is 25.7 Å². The molecule has 3 saturated heterocycles. The molecule has 3 aliphatic rings. The summed E-state index contributed by atoms with van der Waals surface area (Å²) in [4.78, 5) is 29.2. The predicted molar refractivity (Wildman–Crippen MR) is 93.2 cm³/mol. The van der Waals surface area contributed by atoms with Crippen LogP contribution in [0.1, 0.15) is 44.6 Å². The van der Waals surface area contributed by atoms with Crippen LogP contribution >= 0.6 is 0 Å². The molecule has 3 fully saturated rings. The first kappa shape index (κ1) is 17.5. The van der Waals surface area contributed by atoms with Gasteiger partial charge in [-0.1, -0.05) is 0 Å². The molecule has 1 unspecified atom stereocenters. The lowest BCUT2D eigenvalue weighted by molar-refractivity contribution is -0.146. The van der Waals surface area contributed by atoms with Crippen molar-refractivity contribution in [3.8, 4) is 0 Å². The number of piperidine rings is 2. The monoisotopic (exact) mass is 361 g/mol. The molecule has 2 amide bonds. The van der Waals surface area contributed by atoms with E-state index in [1.165, 1.54) is 0 Å². The van der Waals surface area contributed by atoms with Crippen LogP contribution in [0.3, 0.4) is 0 Å². The molecule has 0 bridgehead atoms. The maximum Gasteiger partial charge on any atom is 0.251 e. The SMILES string of the molecule is O=C(C1CCN(C(=O)C2CCCO2)CC1)N1CCC(n2cnnc2)CC1. The predicted octanol–water partition coefficient (Wildman–Crippen LogP) is 0.859. The maximum atomic E-state index is 12.8. The Labute approximate surface area is 153 Å². The number of carbonyl (C=O) groups excluding carboxylic acids is 2. The van der Waals surface area contributed by atoms with Gasteiger partial charge in [-0.15, -0.1) is 10.2 Å². The van der Waals surface area contributed by atoms with Gasteiger partial charge in [0.05, 0.1) is 0 Å². The summed E-state index contributed by atoms with van der Waals surface area (Å²) in [6.07, 6.45) is 8.48. The number of carbonyl (C=O) groups is 2. The number of hydrogen-bond donors (Lipinski definition) is 0. The van der Waals surface area contributed by atoms with E-state index in [-0.39, 0.29) is 23.8 Å². The first-order valence-corrected chi connectivity index (χ1v) is 9.75. The highest BCUT2D eigenvalue weighted by Gasteiger charge is 2.35. The molecular formula is C18H27N5O3. The van der Waals surface area contributed by atoms with Gasteiger partial charge in [0.2, 0.25) is 5.91 Å². The van der Waals surface area contributed by atoms with Crippen molar-refractivity contribution in [2.24, 2.45) is 5.92 Å². The summed E-state index contributed by atoms with van der Waals surface area (Å²) in [7, 11) is 0. The average molecular weight is 361 g/mol. The summed E-state index contributed by atoms with van der Waals surface area (Å²) >= 11 is 0. The van der Waals surface area contributed by atoms with Crippen molar-refractivity contribution in [1.29, 1.82) is 0 Å². The molecule has 0 aliphatic carbocycles. The third-order valence-electron chi connectivity index (χ3n) is 6.00. The molecule has 0 radical (unpaired) electrons. The normalized spacial score (nSPS) is 25.6. The molecule has 142 valence electrons. The van der Waals surface area contributed by atoms with Gasteiger partial charge < -0.3 is 19.1 Å². The molecule has 0 N–H and O–H groups in total. The Balaban J connectivity index is 1.24. The second-order valence-corrected chi connectivity index (χ2v) is 7.57. The molecule has 0 aromatic carbocycles. The minimum Gasteiger partial charge on any atom is -0.368 e. The summed E-state index contributed by atoms with van der Waals surface area (Å²) in [5, 5.41) is 7.73. The van der Waals surface area contributed by atoms with Crippen LogP contribution in [-0.4, -0.2) is 75.3 Å². The van der Waals surface area contributed by atoms with Crippen LogP contribution < -0.4 is 0 Å². The van der Waals surface area contributed by atoms with Gasteiger partial charge in [-0.05, 0) is 38.5 Å². The molecule has 8 heteroatoms. The topological polar surface area (TPSA) is 80.6 Å². The van der Waals surface area contributed by atoms with E-state index in [2.05, 4.69) is 10.2 Å². The molecule has 1 aromatic heterocycles. The first-order valence-electron chi connectivity index (χ1n) is 9.75. The average Bonchev–Trinajstić information content (AvgIpc) is 3.41. The molecular weight excluding hydrogens is 334 g/mol. The lowest BCUT2D eigenvalue weighted by Gasteiger charge is -2.37. The molecule has 3 aliphatic heterocycles. The highest BCUT2D eigenvalue weighted by Crippen LogP contribution is 2.26. The molecule has 1 atom stereocenters. The Bertz CT molecular complexity index is 613. The first-order chi connectivity index (χ1) is 12.7. The lowest BCUT2D eigenvalue weighted by atomic mass is 9.93. The summed E-state index contributed by atoms with van der Waals surface area (Å²) in [6, 6.07) is 0.389. The van der Waals surface area contributed by atoms with E-state index >= 15 is 0 Å². The minimum atomic E-state index is -0.251. The zero-order valence-corrected chi connectivity index (χ0v) is 15.1. The second kappa shape index (κ2) is 7.73. The van der Waals surface area contributed by atoms with Crippen molar-refractivity contribution in [3.05, 3.63) is 12.7 Å². The zero-order valence-electron chi connectivity index (χ0n) is 15.1. The molecule has 0 saturated carbocycles. The molecule has 4 rings (SSSR count). The standard InChI is InChI=1S/C18H27N5O3/c24-17(21-9-5-15(6-10-21)23-12-19-20-13-23)14-3-7-22(8-4-14)18(25)16-2-1-11-26-16/h12-16H,1-11H2. The van der Waals surface area contributed by atoms with Crippen LogP contribution in [-0.2, 0) is 14.3 Å². The van der Waals surface area contributed by atoms with E-state index in [0.717, 1.165) is 51.6 Å². The van der Waals surface area contributed by atoms with Crippen molar-refractivity contribution in [2.45, 2.75) is 50.7 Å². The van der Waals surface area contributed by atoms with Crippen LogP contribution in [0.2, 0.25) is 0 Å². The van der Waals surface area contributed by atoms with E-state index in [9.17, 15) is 9.59 Å². The smallest absolute Gasteiger partial charge is 0.251 e. The van der Waals surface area contributed by atoms with Crippen molar-refractivity contribution < 1.29 is 14.3 Å². The second-order valence-electron chi connectivity index (χ2n) is 7.57. The Morgan fingerprint density at radius 3 is 2.08 bits per heavy atom. The Morgan fingerprint density at radius 1 is 0.846 bits per heavy atom. The molecule has 8 nitrogen and oxygen atoms in total. The Kier molecular flexibility index (Phi) is 5.19. The summed E-state index contributed by atoms with van der Waals surface area (Å²) < 4.78 is 7.54. The van der Waals surface area contributed by atoms with Gasteiger partial charge >= 0.3 is 0 Å². The fraction of sp³-hybridized carbons (Fsp3) is 0.778. The highest BCUT2D eigenvalue weighted by atomic mass is 16.5. The van der Waals surface area contributed by atoms with E-state index in [1.54, 1.807) is 12.7 Å². The minimum absolute atomic E-state index is 0.0509. The third-order valence-corrected chi connectivity index (χ3v) is 6.00. The van der Waals surface area contributed by atoms with E-state index in [4.69, 9.17) is 4.74 Å². The van der Waals surface area contributed by atoms with Crippen LogP contribution in [0.15, 0.2) is 12.7 Å². The molecule has 0 spiro atoms. The fourth-order valence-corrected chi connectivity index (χ4v) is 4.36. The number of nitrogens with zero attached hydrogens (tertiary/aromatic N) is 5. The van der Waals surface area contributed by atoms with Crippen molar-refractivity contribution in [1.82, 2.24) is 24.6 Å². The molecule has 4 heterocycles. The molecule has 1 aromatic rings. The zero-order chi connectivity index (χ0) is 17.9. The maximum absolute atomic E-state index is 12.8. The van der Waals surface area contributed by atoms with Gasteiger partial charge in [0.15, 0.2) is 0 Å². The van der Waals surface area contributed by atoms with Crippen LogP contribution in [0.4, 0.5) is 0 Å². The number of amides is 2. The number of aromatic nitrogens is 3. The van der Waals surface area contributed by atoms with Crippen molar-refractivity contribution >= 4 is 11.8 Å². The van der Waals surface area contributed by atoms with Gasteiger partial charge in [0.25, 0.3) is 5.91 Å². The quantitative estimate of drug-likeness (QED) is 0.798. The third kappa shape index (κ3) is 3.60. The summed E-state index contributed by atoms with van der Waals surface area (Å²) in [5.41, 5.74) is 0. The summed E-state index contributed by atoms with van der Waals surface area (Å²) in [5.74, 6) is 0.426. The van der Waals surface area contributed by atoms with E-state index in [1.807, 2.05) is 14.4 Å². The van der Waals surface area contributed by atoms with Crippen LogP contribution in [0.5, 0.6) is 0 Å². The Hall–Kier alpha value is -1.96. The van der Waals surface area contributed by atoms with Gasteiger partial charge in [0.1, 0.15) is 18.8 Å². The van der Waals surface area contributed by atoms with Gasteiger partial charge in [0, 0.05) is 44.7 Å². The Morgan fingerprint density at radius 2 is 1.46 bits per heavy atom. The van der Waals surface area contributed by atoms with Crippen LogP contribution in [0, 0.1) is 5.92 Å². The number of rotatable bonds is 3. The van der Waals surface area contributed by atoms with Crippen molar-refractivity contribution in [2.75, 3.05) is 32.8 Å². The largest absolute Gasteiger partial charge is 0.368 e. The van der Waals surface area contributed by atoms with Gasteiger partial charge in [-0.2, -0.15) is 0 Å². The fourth-order valence-electron chi connectivity index (χ4n) is 4.36. The number of hydrogen-bond acceptors (Lipinski definition) is 5. The van der Waals surface area contributed by atoms with Crippen LogP contribution in [0.25, 0.3) is 0 Å².